The molecule has 0 aliphatic carbocycles. The summed E-state index contributed by atoms with van der Waals surface area (Å²) in [6, 6.07) is 9.44. The van der Waals surface area contributed by atoms with E-state index in [1.165, 1.54) is 31.2 Å². The monoisotopic (exact) mass is 397 g/mol. The summed E-state index contributed by atoms with van der Waals surface area (Å²) in [6.07, 6.45) is 0. The summed E-state index contributed by atoms with van der Waals surface area (Å²) in [5, 5.41) is 9.13. The molecule has 8 nitrogen and oxygen atoms in total. The van der Waals surface area contributed by atoms with E-state index in [-0.39, 0.29) is 23.8 Å². The van der Waals surface area contributed by atoms with Gasteiger partial charge in [0.1, 0.15) is 24.8 Å². The Morgan fingerprint density at radius 2 is 1.70 bits per heavy atom. The highest BCUT2D eigenvalue weighted by Crippen LogP contribution is 2.20. The van der Waals surface area contributed by atoms with Gasteiger partial charge in [-0.3, -0.25) is 14.9 Å². The number of carbonyl (C=O) groups excluding carboxylic acids is 1. The zero-order valence-corrected chi connectivity index (χ0v) is 15.0. The lowest BCUT2D eigenvalue weighted by Gasteiger charge is -2.13. The van der Waals surface area contributed by atoms with Crippen LogP contribution in [0.4, 0.5) is 10.1 Å². The second kappa shape index (κ2) is 8.58. The average Bonchev–Trinajstić information content (AvgIpc) is 2.65. The van der Waals surface area contributed by atoms with Crippen molar-refractivity contribution in [2.75, 3.05) is 13.2 Å². The van der Waals surface area contributed by atoms with Crippen molar-refractivity contribution in [2.45, 2.75) is 17.1 Å². The number of nitro groups is 1. The summed E-state index contributed by atoms with van der Waals surface area (Å²) < 4.78 is 47.7. The molecule has 2 rings (SSSR count). The standard InChI is InChI=1S/C17H16FNO7S/c1-12(27(23,24)16-8-4-14(5-9-16)19(21)22)17(20)26-11-10-25-15-6-2-13(18)3-7-15/h2-9,12H,10-11H2,1H3/t12-/m1/s1. The molecule has 27 heavy (non-hydrogen) atoms. The van der Waals surface area contributed by atoms with E-state index in [0.29, 0.717) is 5.75 Å². The van der Waals surface area contributed by atoms with Crippen molar-refractivity contribution in [3.63, 3.8) is 0 Å². The molecule has 2 aromatic rings. The molecule has 2 aromatic carbocycles. The molecular formula is C17H16FNO7S. The maximum Gasteiger partial charge on any atom is 0.324 e. The van der Waals surface area contributed by atoms with Crippen LogP contribution in [-0.4, -0.2) is 37.8 Å². The van der Waals surface area contributed by atoms with Crippen molar-refractivity contribution in [3.8, 4) is 5.75 Å². The third-order valence-corrected chi connectivity index (χ3v) is 5.64. The summed E-state index contributed by atoms with van der Waals surface area (Å²) in [5.41, 5.74) is -0.262. The van der Waals surface area contributed by atoms with E-state index in [4.69, 9.17) is 9.47 Å². The van der Waals surface area contributed by atoms with E-state index in [0.717, 1.165) is 24.3 Å². The van der Waals surface area contributed by atoms with Crippen LogP contribution in [0.3, 0.4) is 0 Å². The number of nitrogens with zero attached hydrogens (tertiary/aromatic N) is 1. The van der Waals surface area contributed by atoms with E-state index in [2.05, 4.69) is 0 Å². The SMILES string of the molecule is C[C@H](C(=O)OCCOc1ccc(F)cc1)S(=O)(=O)c1ccc([N+](=O)[O-])cc1. The summed E-state index contributed by atoms with van der Waals surface area (Å²) in [4.78, 5) is 21.7. The average molecular weight is 397 g/mol. The van der Waals surface area contributed by atoms with Gasteiger partial charge in [0, 0.05) is 12.1 Å². The number of halogens is 1. The summed E-state index contributed by atoms with van der Waals surface area (Å²) in [6.45, 7) is 0.928. The number of nitro benzene ring substituents is 1. The molecule has 0 amide bonds. The topological polar surface area (TPSA) is 113 Å². The fourth-order valence-electron chi connectivity index (χ4n) is 2.04. The maximum atomic E-state index is 12.8. The lowest BCUT2D eigenvalue weighted by Crippen LogP contribution is -2.30. The number of non-ortho nitro benzene ring substituents is 1. The fourth-order valence-corrected chi connectivity index (χ4v) is 3.28. The minimum Gasteiger partial charge on any atom is -0.490 e. The summed E-state index contributed by atoms with van der Waals surface area (Å²) in [5.74, 6) is -1.02. The Bertz CT molecular complexity index is 911. The molecule has 1 atom stereocenters. The molecular weight excluding hydrogens is 381 g/mol. The van der Waals surface area contributed by atoms with E-state index in [9.17, 15) is 27.7 Å². The minimum atomic E-state index is -4.05. The fraction of sp³-hybridized carbons (Fsp3) is 0.235. The Balaban J connectivity index is 1.90. The normalized spacial score (nSPS) is 12.2. The molecule has 0 aliphatic heterocycles. The number of carbonyl (C=O) groups is 1. The number of hydrogen-bond donors (Lipinski definition) is 0. The van der Waals surface area contributed by atoms with Gasteiger partial charge in [-0.2, -0.15) is 0 Å². The third kappa shape index (κ3) is 5.23. The molecule has 0 radical (unpaired) electrons. The minimum absolute atomic E-state index is 0.0400. The van der Waals surface area contributed by atoms with E-state index in [1.807, 2.05) is 0 Å². The molecule has 0 spiro atoms. The van der Waals surface area contributed by atoms with Crippen LogP contribution < -0.4 is 4.74 Å². The first-order chi connectivity index (χ1) is 12.7. The largest absolute Gasteiger partial charge is 0.490 e. The predicted molar refractivity (Wildman–Crippen MR) is 92.6 cm³/mol. The highest BCUT2D eigenvalue weighted by molar-refractivity contribution is 7.92. The van der Waals surface area contributed by atoms with Crippen LogP contribution in [0.1, 0.15) is 6.92 Å². The Hall–Kier alpha value is -3.01. The van der Waals surface area contributed by atoms with Crippen LogP contribution in [0.2, 0.25) is 0 Å². The summed E-state index contributed by atoms with van der Waals surface area (Å²) >= 11 is 0. The van der Waals surface area contributed by atoms with Gasteiger partial charge < -0.3 is 9.47 Å². The molecule has 0 saturated carbocycles. The van der Waals surface area contributed by atoms with Gasteiger partial charge in [-0.1, -0.05) is 0 Å². The maximum absolute atomic E-state index is 12.8. The van der Waals surface area contributed by atoms with Crippen LogP contribution in [0, 0.1) is 15.9 Å². The van der Waals surface area contributed by atoms with Gasteiger partial charge in [0.05, 0.1) is 9.82 Å². The van der Waals surface area contributed by atoms with Gasteiger partial charge in [-0.15, -0.1) is 0 Å². The summed E-state index contributed by atoms with van der Waals surface area (Å²) in [7, 11) is -4.05. The number of hydrogen-bond acceptors (Lipinski definition) is 7. The molecule has 0 bridgehead atoms. The zero-order valence-electron chi connectivity index (χ0n) is 14.2. The van der Waals surface area contributed by atoms with E-state index in [1.54, 1.807) is 0 Å². The van der Waals surface area contributed by atoms with Crippen molar-refractivity contribution < 1.29 is 32.0 Å². The predicted octanol–water partition coefficient (Wildman–Crippen LogP) is 2.52. The van der Waals surface area contributed by atoms with Crippen molar-refractivity contribution >= 4 is 21.5 Å². The number of ether oxygens (including phenoxy) is 2. The van der Waals surface area contributed by atoms with E-state index >= 15 is 0 Å². The van der Waals surface area contributed by atoms with Crippen molar-refractivity contribution in [1.29, 1.82) is 0 Å². The Labute approximate surface area is 154 Å². The Kier molecular flexibility index (Phi) is 6.45. The van der Waals surface area contributed by atoms with Gasteiger partial charge in [0.2, 0.25) is 0 Å². The van der Waals surface area contributed by atoms with Crippen molar-refractivity contribution in [3.05, 3.63) is 64.5 Å². The van der Waals surface area contributed by atoms with Gasteiger partial charge in [-0.05, 0) is 43.3 Å². The first-order valence-electron chi connectivity index (χ1n) is 7.75. The molecule has 144 valence electrons. The van der Waals surface area contributed by atoms with E-state index < -0.39 is 31.8 Å². The highest BCUT2D eigenvalue weighted by atomic mass is 32.2. The first-order valence-corrected chi connectivity index (χ1v) is 9.30. The highest BCUT2D eigenvalue weighted by Gasteiger charge is 2.31. The quantitative estimate of drug-likeness (QED) is 0.291. The van der Waals surface area contributed by atoms with Crippen LogP contribution in [0.15, 0.2) is 53.4 Å². The molecule has 0 unspecified atom stereocenters. The Morgan fingerprint density at radius 1 is 1.11 bits per heavy atom. The number of sulfone groups is 1. The number of esters is 1. The van der Waals surface area contributed by atoms with Gasteiger partial charge in [0.25, 0.3) is 5.69 Å². The van der Waals surface area contributed by atoms with Crippen LogP contribution in [0.25, 0.3) is 0 Å². The smallest absolute Gasteiger partial charge is 0.324 e. The molecule has 0 aromatic heterocycles. The molecule has 0 saturated heterocycles. The molecule has 0 heterocycles. The zero-order chi connectivity index (χ0) is 20.0. The van der Waals surface area contributed by atoms with Crippen molar-refractivity contribution in [2.24, 2.45) is 0 Å². The van der Waals surface area contributed by atoms with Crippen molar-refractivity contribution in [1.82, 2.24) is 0 Å². The molecule has 10 heteroatoms. The number of rotatable bonds is 8. The van der Waals surface area contributed by atoms with Crippen LogP contribution in [0.5, 0.6) is 5.75 Å². The lowest BCUT2D eigenvalue weighted by atomic mass is 10.3. The van der Waals surface area contributed by atoms with Gasteiger partial charge >= 0.3 is 5.97 Å². The second-order valence-corrected chi connectivity index (χ2v) is 7.68. The van der Waals surface area contributed by atoms with Crippen LogP contribution in [-0.2, 0) is 19.4 Å². The van der Waals surface area contributed by atoms with Gasteiger partial charge in [0.15, 0.2) is 15.1 Å². The van der Waals surface area contributed by atoms with Gasteiger partial charge in [-0.25, -0.2) is 12.8 Å². The first kappa shape index (κ1) is 20.3. The molecule has 0 aliphatic rings. The lowest BCUT2D eigenvalue weighted by molar-refractivity contribution is -0.384. The van der Waals surface area contributed by atoms with Crippen LogP contribution >= 0.6 is 0 Å². The molecule has 0 fully saturated rings. The second-order valence-electron chi connectivity index (χ2n) is 5.41. The number of benzene rings is 2. The third-order valence-electron chi connectivity index (χ3n) is 3.58. The molecule has 0 N–H and O–H groups in total. The Morgan fingerprint density at radius 3 is 2.26 bits per heavy atom.